The number of rotatable bonds is 3. The topological polar surface area (TPSA) is 60.6 Å². The van der Waals surface area contributed by atoms with E-state index in [1.54, 1.807) is 0 Å². The summed E-state index contributed by atoms with van der Waals surface area (Å²) in [4.78, 5) is 9.86. The van der Waals surface area contributed by atoms with Gasteiger partial charge in [0, 0.05) is 60.4 Å². The van der Waals surface area contributed by atoms with E-state index in [4.69, 9.17) is 0 Å². The molecule has 0 saturated carbocycles. The molecule has 3 heterocycles. The molecule has 1 aromatic carbocycles. The van der Waals surface area contributed by atoms with E-state index in [-0.39, 0.29) is 0 Å². The molecule has 0 atom stereocenters. The number of benzene rings is 1. The van der Waals surface area contributed by atoms with Crippen LogP contribution in [0.15, 0.2) is 55.1 Å². The van der Waals surface area contributed by atoms with Crippen molar-refractivity contribution in [3.63, 3.8) is 0 Å². The van der Waals surface area contributed by atoms with Crippen LogP contribution in [-0.2, 0) is 0 Å². The predicted molar refractivity (Wildman–Crippen MR) is 93.4 cm³/mol. The van der Waals surface area contributed by atoms with Gasteiger partial charge < -0.3 is 9.88 Å². The van der Waals surface area contributed by atoms with Gasteiger partial charge in [-0.3, -0.25) is 5.10 Å². The quantitative estimate of drug-likeness (QED) is 0.607. The molecule has 5 heteroatoms. The number of hydrogen-bond acceptors (Lipinski definition) is 3. The van der Waals surface area contributed by atoms with Gasteiger partial charge in [0.25, 0.3) is 0 Å². The van der Waals surface area contributed by atoms with Gasteiger partial charge in [0.15, 0.2) is 0 Å². The molecule has 4 rings (SSSR count). The van der Waals surface area contributed by atoms with Gasteiger partial charge in [-0.15, -0.1) is 0 Å². The summed E-state index contributed by atoms with van der Waals surface area (Å²) in [7, 11) is 4.08. The third kappa shape index (κ3) is 2.36. The minimum absolute atomic E-state index is 0.884. The Morgan fingerprint density at radius 1 is 0.913 bits per heavy atom. The molecule has 0 aliphatic heterocycles. The highest BCUT2D eigenvalue weighted by molar-refractivity contribution is 5.95. The van der Waals surface area contributed by atoms with Crippen molar-refractivity contribution in [3.8, 4) is 22.3 Å². The fourth-order valence-electron chi connectivity index (χ4n) is 2.75. The minimum Gasteiger partial charge on any atom is -0.378 e. The lowest BCUT2D eigenvalue weighted by atomic mass is 10.0. The Morgan fingerprint density at radius 2 is 1.74 bits per heavy atom. The summed E-state index contributed by atoms with van der Waals surface area (Å²) in [5.74, 6) is 0. The number of nitrogens with one attached hydrogen (secondary N) is 2. The average Bonchev–Trinajstić information content (AvgIpc) is 3.23. The summed E-state index contributed by atoms with van der Waals surface area (Å²) in [5.41, 5.74) is 6.49. The molecule has 0 fully saturated rings. The molecule has 23 heavy (non-hydrogen) atoms. The molecule has 0 aliphatic rings. The molecule has 5 nitrogen and oxygen atoms in total. The summed E-state index contributed by atoms with van der Waals surface area (Å²) >= 11 is 0. The Labute approximate surface area is 134 Å². The Hall–Kier alpha value is -3.08. The highest BCUT2D eigenvalue weighted by atomic mass is 15.1. The maximum Gasteiger partial charge on any atom is 0.137 e. The van der Waals surface area contributed by atoms with Crippen molar-refractivity contribution in [2.45, 2.75) is 0 Å². The number of aromatic amines is 2. The number of aromatic nitrogens is 4. The second kappa shape index (κ2) is 5.28. The van der Waals surface area contributed by atoms with E-state index in [1.165, 1.54) is 5.69 Å². The Balaban J connectivity index is 1.80. The van der Waals surface area contributed by atoms with E-state index in [0.717, 1.165) is 33.3 Å². The predicted octanol–water partition coefficient (Wildman–Crippen LogP) is 3.69. The van der Waals surface area contributed by atoms with Crippen LogP contribution in [0, 0.1) is 0 Å². The number of H-pyrrole nitrogens is 2. The maximum absolute atomic E-state index is 4.55. The normalized spacial score (nSPS) is 11.0. The molecule has 0 bridgehead atoms. The third-order valence-electron chi connectivity index (χ3n) is 4.06. The highest BCUT2D eigenvalue weighted by Gasteiger charge is 2.10. The Kier molecular flexibility index (Phi) is 3.12. The van der Waals surface area contributed by atoms with Crippen molar-refractivity contribution in [1.82, 2.24) is 20.2 Å². The average molecular weight is 303 g/mol. The lowest BCUT2D eigenvalue weighted by Crippen LogP contribution is -2.07. The van der Waals surface area contributed by atoms with Gasteiger partial charge in [-0.25, -0.2) is 4.98 Å². The molecule has 0 aliphatic carbocycles. The number of pyridine rings is 1. The van der Waals surface area contributed by atoms with Crippen molar-refractivity contribution >= 4 is 16.7 Å². The van der Waals surface area contributed by atoms with Crippen LogP contribution >= 0.6 is 0 Å². The van der Waals surface area contributed by atoms with Crippen LogP contribution in [0.5, 0.6) is 0 Å². The van der Waals surface area contributed by atoms with Crippen LogP contribution in [0.25, 0.3) is 33.3 Å². The molecule has 0 unspecified atom stereocenters. The van der Waals surface area contributed by atoms with Crippen molar-refractivity contribution in [2.24, 2.45) is 0 Å². The summed E-state index contributed by atoms with van der Waals surface area (Å²) in [6, 6.07) is 10.7. The van der Waals surface area contributed by atoms with Crippen LogP contribution in [0.1, 0.15) is 0 Å². The first kappa shape index (κ1) is 13.6. The van der Waals surface area contributed by atoms with Gasteiger partial charge in [0.1, 0.15) is 5.65 Å². The fraction of sp³-hybridized carbons (Fsp3) is 0.111. The first-order chi connectivity index (χ1) is 11.2. The van der Waals surface area contributed by atoms with Crippen LogP contribution in [0.3, 0.4) is 0 Å². The number of fused-ring (bicyclic) bond motifs is 1. The Bertz CT molecular complexity index is 933. The largest absolute Gasteiger partial charge is 0.378 e. The number of nitrogens with zero attached hydrogens (tertiary/aromatic N) is 3. The van der Waals surface area contributed by atoms with Gasteiger partial charge >= 0.3 is 0 Å². The van der Waals surface area contributed by atoms with Gasteiger partial charge in [-0.1, -0.05) is 12.1 Å². The van der Waals surface area contributed by atoms with Crippen LogP contribution < -0.4 is 4.90 Å². The third-order valence-corrected chi connectivity index (χ3v) is 4.06. The molecular weight excluding hydrogens is 286 g/mol. The van der Waals surface area contributed by atoms with Crippen LogP contribution in [0.4, 0.5) is 5.69 Å². The Morgan fingerprint density at radius 3 is 2.43 bits per heavy atom. The van der Waals surface area contributed by atoms with E-state index >= 15 is 0 Å². The smallest absolute Gasteiger partial charge is 0.137 e. The molecule has 2 N–H and O–H groups in total. The van der Waals surface area contributed by atoms with E-state index in [1.807, 2.05) is 38.9 Å². The van der Waals surface area contributed by atoms with E-state index in [0.29, 0.717) is 0 Å². The summed E-state index contributed by atoms with van der Waals surface area (Å²) < 4.78 is 0. The zero-order valence-corrected chi connectivity index (χ0v) is 13.0. The maximum atomic E-state index is 4.55. The van der Waals surface area contributed by atoms with E-state index < -0.39 is 0 Å². The van der Waals surface area contributed by atoms with Crippen LogP contribution in [-0.4, -0.2) is 34.3 Å². The SMILES string of the molecule is CN(C)c1ccc(-c2cnc3[nH]cc(-c4cn[nH]c4)c3c2)cc1. The lowest BCUT2D eigenvalue weighted by Gasteiger charge is -2.12. The molecule has 0 saturated heterocycles. The molecular formula is C18H17N5. The summed E-state index contributed by atoms with van der Waals surface area (Å²) in [6.45, 7) is 0. The van der Waals surface area contributed by atoms with E-state index in [9.17, 15) is 0 Å². The molecule has 3 aromatic heterocycles. The standard InChI is InChI=1S/C18H17N5/c1-23(2)15-5-3-12(4-6-15)13-7-16-17(14-9-21-22-10-14)11-20-18(16)19-8-13/h3-11H,1-2H3,(H,19,20)(H,21,22). The van der Waals surface area contributed by atoms with Crippen molar-refractivity contribution in [1.29, 1.82) is 0 Å². The fourth-order valence-corrected chi connectivity index (χ4v) is 2.75. The molecule has 114 valence electrons. The van der Waals surface area contributed by atoms with Gasteiger partial charge in [0.2, 0.25) is 0 Å². The summed E-state index contributed by atoms with van der Waals surface area (Å²) in [5, 5.41) is 7.98. The zero-order chi connectivity index (χ0) is 15.8. The molecule has 0 amide bonds. The summed E-state index contributed by atoms with van der Waals surface area (Å²) in [6.07, 6.45) is 7.59. The van der Waals surface area contributed by atoms with Crippen molar-refractivity contribution in [2.75, 3.05) is 19.0 Å². The van der Waals surface area contributed by atoms with Crippen LogP contribution in [0.2, 0.25) is 0 Å². The number of hydrogen-bond donors (Lipinski definition) is 2. The lowest BCUT2D eigenvalue weighted by molar-refractivity contribution is 1.09. The van der Waals surface area contributed by atoms with Gasteiger partial charge in [-0.2, -0.15) is 5.10 Å². The second-order valence-electron chi connectivity index (χ2n) is 5.75. The van der Waals surface area contributed by atoms with Crippen molar-refractivity contribution < 1.29 is 0 Å². The second-order valence-corrected chi connectivity index (χ2v) is 5.75. The molecule has 0 radical (unpaired) electrons. The first-order valence-corrected chi connectivity index (χ1v) is 7.46. The van der Waals surface area contributed by atoms with Gasteiger partial charge in [-0.05, 0) is 23.8 Å². The van der Waals surface area contributed by atoms with E-state index in [2.05, 4.69) is 55.4 Å². The van der Waals surface area contributed by atoms with Crippen molar-refractivity contribution in [3.05, 3.63) is 55.1 Å². The molecule has 0 spiro atoms. The van der Waals surface area contributed by atoms with Gasteiger partial charge in [0.05, 0.1) is 6.20 Å². The minimum atomic E-state index is 0.884. The first-order valence-electron chi connectivity index (χ1n) is 7.46. The molecule has 4 aromatic rings. The monoisotopic (exact) mass is 303 g/mol. The number of anilines is 1. The highest BCUT2D eigenvalue weighted by Crippen LogP contribution is 2.30. The zero-order valence-electron chi connectivity index (χ0n) is 13.0.